The lowest BCUT2D eigenvalue weighted by molar-refractivity contribution is 0.126. The molecule has 0 amide bonds. The van der Waals surface area contributed by atoms with Gasteiger partial charge in [0.1, 0.15) is 6.23 Å². The van der Waals surface area contributed by atoms with Gasteiger partial charge in [0.15, 0.2) is 0 Å². The SMILES string of the molecule is Cc1ccc(S(=O)(=O)N2CC(OS(C)(=O)=O)C[C@H]2OS(C)(=O)=O)cc1. The van der Waals surface area contributed by atoms with Crippen LogP contribution in [0.25, 0.3) is 0 Å². The number of hydrogen-bond acceptors (Lipinski definition) is 8. The van der Waals surface area contributed by atoms with Crippen LogP contribution in [0.15, 0.2) is 29.2 Å². The molecule has 142 valence electrons. The third-order valence-electron chi connectivity index (χ3n) is 3.39. The fraction of sp³-hybridized carbons (Fsp3) is 0.538. The number of hydrogen-bond donors (Lipinski definition) is 0. The molecule has 12 heteroatoms. The molecular formula is C13H19NO8S3. The maximum Gasteiger partial charge on any atom is 0.265 e. The van der Waals surface area contributed by atoms with Crippen LogP contribution >= 0.6 is 0 Å². The third-order valence-corrected chi connectivity index (χ3v) is 6.46. The van der Waals surface area contributed by atoms with E-state index < -0.39 is 42.6 Å². The average Bonchev–Trinajstić information content (AvgIpc) is 2.77. The van der Waals surface area contributed by atoms with Gasteiger partial charge in [0.2, 0.25) is 10.0 Å². The standard InChI is InChI=1S/C13H19NO8S3/c1-10-4-6-12(7-5-10)25(19,20)14-9-11(21-23(2,15)16)8-13(14)22-24(3,17)18/h4-7,11,13H,8-9H2,1-3H3/t11?,13-/m1/s1. The highest BCUT2D eigenvalue weighted by molar-refractivity contribution is 7.89. The lowest BCUT2D eigenvalue weighted by Gasteiger charge is -2.22. The van der Waals surface area contributed by atoms with E-state index in [0.717, 1.165) is 22.4 Å². The van der Waals surface area contributed by atoms with E-state index in [0.29, 0.717) is 0 Å². The topological polar surface area (TPSA) is 124 Å². The summed E-state index contributed by atoms with van der Waals surface area (Å²) in [6.45, 7) is 1.45. The van der Waals surface area contributed by atoms with Gasteiger partial charge in [-0.15, -0.1) is 0 Å². The molecule has 0 bridgehead atoms. The zero-order valence-corrected chi connectivity index (χ0v) is 16.3. The molecule has 1 fully saturated rings. The Hall–Kier alpha value is -1.05. The number of rotatable bonds is 6. The summed E-state index contributed by atoms with van der Waals surface area (Å²) in [5, 5.41) is 0. The second-order valence-electron chi connectivity index (χ2n) is 5.80. The quantitative estimate of drug-likeness (QED) is 0.599. The Kier molecular flexibility index (Phi) is 5.62. The van der Waals surface area contributed by atoms with Crippen molar-refractivity contribution in [3.8, 4) is 0 Å². The second kappa shape index (κ2) is 6.93. The Morgan fingerprint density at radius 3 is 1.92 bits per heavy atom. The molecule has 1 aliphatic rings. The summed E-state index contributed by atoms with van der Waals surface area (Å²) >= 11 is 0. The Balaban J connectivity index is 2.37. The Morgan fingerprint density at radius 1 is 0.920 bits per heavy atom. The Bertz CT molecular complexity index is 935. The third kappa shape index (κ3) is 5.46. The van der Waals surface area contributed by atoms with Gasteiger partial charge in [-0.2, -0.15) is 21.1 Å². The zero-order valence-electron chi connectivity index (χ0n) is 13.8. The lowest BCUT2D eigenvalue weighted by atomic mass is 10.2. The summed E-state index contributed by atoms with van der Waals surface area (Å²) in [5.41, 5.74) is 0.850. The summed E-state index contributed by atoms with van der Waals surface area (Å²) in [6.07, 6.45) is -1.04. The van der Waals surface area contributed by atoms with Crippen molar-refractivity contribution < 1.29 is 33.6 Å². The first-order valence-corrected chi connectivity index (χ1v) is 12.2. The smallest absolute Gasteiger partial charge is 0.265 e. The maximum absolute atomic E-state index is 12.8. The molecule has 1 heterocycles. The van der Waals surface area contributed by atoms with Crippen molar-refractivity contribution in [1.82, 2.24) is 4.31 Å². The average molecular weight is 413 g/mol. The first kappa shape index (κ1) is 20.3. The lowest BCUT2D eigenvalue weighted by Crippen LogP contribution is -2.38. The van der Waals surface area contributed by atoms with Crippen LogP contribution in [0.1, 0.15) is 12.0 Å². The molecule has 2 rings (SSSR count). The monoisotopic (exact) mass is 413 g/mol. The van der Waals surface area contributed by atoms with Crippen LogP contribution in [-0.4, -0.2) is 60.9 Å². The second-order valence-corrected chi connectivity index (χ2v) is 10.9. The van der Waals surface area contributed by atoms with Gasteiger partial charge < -0.3 is 0 Å². The number of benzene rings is 1. The molecule has 1 aromatic carbocycles. The van der Waals surface area contributed by atoms with Crippen molar-refractivity contribution in [2.45, 2.75) is 30.6 Å². The van der Waals surface area contributed by atoms with Gasteiger partial charge >= 0.3 is 0 Å². The molecule has 0 saturated carbocycles. The molecular weight excluding hydrogens is 394 g/mol. The molecule has 1 aliphatic heterocycles. The summed E-state index contributed by atoms with van der Waals surface area (Å²) in [6, 6.07) is 5.96. The van der Waals surface area contributed by atoms with Crippen LogP contribution in [0.5, 0.6) is 0 Å². The predicted octanol–water partition coefficient (Wildman–Crippen LogP) is 0.0365. The largest absolute Gasteiger partial charge is 0.265 e. The van der Waals surface area contributed by atoms with Crippen molar-refractivity contribution in [2.75, 3.05) is 19.1 Å². The molecule has 1 unspecified atom stereocenters. The molecule has 1 saturated heterocycles. The maximum atomic E-state index is 12.8. The van der Waals surface area contributed by atoms with Crippen LogP contribution in [0, 0.1) is 6.92 Å². The van der Waals surface area contributed by atoms with Crippen molar-refractivity contribution in [3.05, 3.63) is 29.8 Å². The minimum atomic E-state index is -4.10. The number of sulfonamides is 1. The van der Waals surface area contributed by atoms with Gasteiger partial charge in [-0.05, 0) is 19.1 Å². The fourth-order valence-corrected chi connectivity index (χ4v) is 5.27. The predicted molar refractivity (Wildman–Crippen MR) is 89.1 cm³/mol. The Morgan fingerprint density at radius 2 is 1.44 bits per heavy atom. The van der Waals surface area contributed by atoms with Crippen molar-refractivity contribution >= 4 is 30.3 Å². The van der Waals surface area contributed by atoms with Gasteiger partial charge in [0.05, 0.1) is 23.5 Å². The summed E-state index contributed by atoms with van der Waals surface area (Å²) in [7, 11) is -11.9. The van der Waals surface area contributed by atoms with Crippen LogP contribution in [0.3, 0.4) is 0 Å². The van der Waals surface area contributed by atoms with Crippen molar-refractivity contribution in [2.24, 2.45) is 0 Å². The van der Waals surface area contributed by atoms with Crippen LogP contribution in [0.2, 0.25) is 0 Å². The first-order chi connectivity index (χ1) is 11.3. The van der Waals surface area contributed by atoms with Crippen molar-refractivity contribution in [3.63, 3.8) is 0 Å². The van der Waals surface area contributed by atoms with E-state index in [4.69, 9.17) is 8.37 Å². The highest BCUT2D eigenvalue weighted by Gasteiger charge is 2.44. The highest BCUT2D eigenvalue weighted by Crippen LogP contribution is 2.30. The summed E-state index contributed by atoms with van der Waals surface area (Å²) < 4.78 is 81.5. The molecule has 9 nitrogen and oxygen atoms in total. The molecule has 25 heavy (non-hydrogen) atoms. The van der Waals surface area contributed by atoms with E-state index in [9.17, 15) is 25.3 Å². The van der Waals surface area contributed by atoms with E-state index in [1.807, 2.05) is 0 Å². The highest BCUT2D eigenvalue weighted by atomic mass is 32.2. The molecule has 0 aromatic heterocycles. The first-order valence-electron chi connectivity index (χ1n) is 7.13. The van der Waals surface area contributed by atoms with Gasteiger partial charge in [-0.25, -0.2) is 12.6 Å². The van der Waals surface area contributed by atoms with Gasteiger partial charge in [-0.1, -0.05) is 17.7 Å². The molecule has 0 spiro atoms. The minimum absolute atomic E-state index is 0.0554. The minimum Gasteiger partial charge on any atom is -0.265 e. The van der Waals surface area contributed by atoms with E-state index in [1.165, 1.54) is 12.1 Å². The van der Waals surface area contributed by atoms with Gasteiger partial charge in [-0.3, -0.25) is 4.18 Å². The van der Waals surface area contributed by atoms with E-state index in [-0.39, 0.29) is 17.9 Å². The molecule has 1 aromatic rings. The zero-order chi connectivity index (χ0) is 19.0. The fourth-order valence-electron chi connectivity index (χ4n) is 2.44. The van der Waals surface area contributed by atoms with Gasteiger partial charge in [0, 0.05) is 13.0 Å². The number of nitrogens with zero attached hydrogens (tertiary/aromatic N) is 1. The Labute approximate surface area is 147 Å². The molecule has 0 N–H and O–H groups in total. The van der Waals surface area contributed by atoms with E-state index in [2.05, 4.69) is 0 Å². The van der Waals surface area contributed by atoms with Crippen LogP contribution in [0.4, 0.5) is 0 Å². The molecule has 0 radical (unpaired) electrons. The van der Waals surface area contributed by atoms with Gasteiger partial charge in [0.25, 0.3) is 20.2 Å². The molecule has 2 atom stereocenters. The van der Waals surface area contributed by atoms with Crippen LogP contribution < -0.4 is 0 Å². The number of aryl methyl sites for hydroxylation is 1. The summed E-state index contributed by atoms with van der Waals surface area (Å²) in [5.74, 6) is 0. The summed E-state index contributed by atoms with van der Waals surface area (Å²) in [4.78, 5) is -0.0554. The van der Waals surface area contributed by atoms with Crippen molar-refractivity contribution in [1.29, 1.82) is 0 Å². The van der Waals surface area contributed by atoms with E-state index >= 15 is 0 Å². The van der Waals surface area contributed by atoms with Crippen LogP contribution in [-0.2, 0) is 38.6 Å². The normalized spacial score (nSPS) is 23.0. The molecule has 0 aliphatic carbocycles. The van der Waals surface area contributed by atoms with E-state index in [1.54, 1.807) is 19.1 Å².